The van der Waals surface area contributed by atoms with Gasteiger partial charge in [-0.15, -0.1) is 0 Å². The summed E-state index contributed by atoms with van der Waals surface area (Å²) in [6.07, 6.45) is -1.86. The summed E-state index contributed by atoms with van der Waals surface area (Å²) in [4.78, 5) is 65.7. The van der Waals surface area contributed by atoms with Gasteiger partial charge in [-0.3, -0.25) is 24.0 Å². The third-order valence-corrected chi connectivity index (χ3v) is 8.00. The van der Waals surface area contributed by atoms with Crippen molar-refractivity contribution in [1.82, 2.24) is 4.90 Å². The van der Waals surface area contributed by atoms with E-state index in [9.17, 15) is 44.4 Å². The second-order valence-electron chi connectivity index (χ2n) is 9.96. The van der Waals surface area contributed by atoms with Gasteiger partial charge in [-0.25, -0.2) is 0 Å². The predicted octanol–water partition coefficient (Wildman–Crippen LogP) is -1.37. The SMILES string of the molecule is NC(=O)C1C(=O)[C@@]2(O)C(=O)C3=C(O)c4c(O)ccc(C(=O)C(=O)N5CCOCC5)c4C[C@H]3C[C@H]2CC1O. The number of aromatic hydroxyl groups is 1. The fraction of sp³-hybridized carbons (Fsp3) is 0.480. The van der Waals surface area contributed by atoms with Gasteiger partial charge in [0.05, 0.1) is 24.9 Å². The van der Waals surface area contributed by atoms with E-state index in [1.807, 2.05) is 0 Å². The molecule has 12 nitrogen and oxygen atoms in total. The number of carbonyl (C=O) groups is 5. The van der Waals surface area contributed by atoms with Crippen LogP contribution < -0.4 is 5.73 Å². The van der Waals surface area contributed by atoms with Crippen molar-refractivity contribution in [3.8, 4) is 5.75 Å². The first-order valence-electron chi connectivity index (χ1n) is 12.0. The Morgan fingerprint density at radius 3 is 2.41 bits per heavy atom. The Morgan fingerprint density at radius 1 is 1.08 bits per heavy atom. The first-order valence-corrected chi connectivity index (χ1v) is 12.0. The quantitative estimate of drug-likeness (QED) is 0.182. The molecule has 12 heteroatoms. The normalized spacial score (nSPS) is 31.4. The molecule has 37 heavy (non-hydrogen) atoms. The first-order chi connectivity index (χ1) is 17.5. The van der Waals surface area contributed by atoms with Crippen LogP contribution in [-0.4, -0.2) is 92.5 Å². The van der Waals surface area contributed by atoms with E-state index in [1.54, 1.807) is 0 Å². The van der Waals surface area contributed by atoms with Gasteiger partial charge in [0.2, 0.25) is 11.7 Å². The Morgan fingerprint density at radius 2 is 1.76 bits per heavy atom. The summed E-state index contributed by atoms with van der Waals surface area (Å²) in [6.45, 7) is 1.05. The molecule has 5 atom stereocenters. The number of fused-ring (bicyclic) bond motifs is 3. The molecular weight excluding hydrogens is 488 g/mol. The van der Waals surface area contributed by atoms with Gasteiger partial charge in [-0.1, -0.05) is 0 Å². The zero-order valence-corrected chi connectivity index (χ0v) is 19.7. The molecule has 2 saturated carbocycles. The Labute approximate surface area is 210 Å². The van der Waals surface area contributed by atoms with Crippen LogP contribution in [0.3, 0.4) is 0 Å². The molecule has 196 valence electrons. The van der Waals surface area contributed by atoms with Gasteiger partial charge in [0.1, 0.15) is 17.4 Å². The Kier molecular flexibility index (Phi) is 5.93. The van der Waals surface area contributed by atoms with Crippen molar-refractivity contribution in [3.05, 3.63) is 34.4 Å². The number of hydrogen-bond acceptors (Lipinski definition) is 10. The van der Waals surface area contributed by atoms with Crippen LogP contribution in [0.25, 0.3) is 5.76 Å². The maximum absolute atomic E-state index is 13.5. The minimum Gasteiger partial charge on any atom is -0.507 e. The highest BCUT2D eigenvalue weighted by Crippen LogP contribution is 2.51. The van der Waals surface area contributed by atoms with Crippen LogP contribution in [0.4, 0.5) is 0 Å². The van der Waals surface area contributed by atoms with E-state index in [0.717, 1.165) is 6.07 Å². The molecule has 1 aliphatic heterocycles. The molecule has 6 N–H and O–H groups in total. The monoisotopic (exact) mass is 514 g/mol. The number of aliphatic hydroxyl groups is 3. The Bertz CT molecular complexity index is 1280. The molecule has 1 saturated heterocycles. The molecule has 1 heterocycles. The van der Waals surface area contributed by atoms with Crippen LogP contribution in [0.5, 0.6) is 5.75 Å². The standard InChI is InChI=1S/C25H26N2O10/c26-23(34)18-15(29)9-11-7-10-8-13-12(19(30)24(35)27-3-5-37-6-4-27)1-2-14(28)17(13)20(31)16(10)21(32)25(11,36)22(18)33/h1-2,10-11,15,18,28-29,31,36H,3-9H2,(H2,26,34)/t10-,11+,15?,18?,25+/m1/s1. The third kappa shape index (κ3) is 3.58. The molecule has 0 radical (unpaired) electrons. The lowest BCUT2D eigenvalue weighted by Gasteiger charge is -2.48. The number of ether oxygens (including phenoxy) is 1. The number of aliphatic hydroxyl groups excluding tert-OH is 2. The maximum Gasteiger partial charge on any atom is 0.295 e. The van der Waals surface area contributed by atoms with Gasteiger partial charge in [0.15, 0.2) is 11.4 Å². The summed E-state index contributed by atoms with van der Waals surface area (Å²) >= 11 is 0. The lowest BCUT2D eigenvalue weighted by Crippen LogP contribution is -2.66. The zero-order valence-electron chi connectivity index (χ0n) is 19.7. The van der Waals surface area contributed by atoms with Crippen LogP contribution in [-0.2, 0) is 30.3 Å². The van der Waals surface area contributed by atoms with Crippen molar-refractivity contribution in [2.24, 2.45) is 23.5 Å². The lowest BCUT2D eigenvalue weighted by atomic mass is 9.56. The number of ketones is 3. The molecule has 0 spiro atoms. The molecule has 1 aromatic carbocycles. The highest BCUT2D eigenvalue weighted by atomic mass is 16.5. The van der Waals surface area contributed by atoms with Crippen LogP contribution in [0, 0.1) is 17.8 Å². The number of nitrogens with two attached hydrogens (primary N) is 1. The highest BCUT2D eigenvalue weighted by Gasteiger charge is 2.64. The molecule has 2 unspecified atom stereocenters. The minimum atomic E-state index is -2.69. The average Bonchev–Trinajstić information content (AvgIpc) is 2.86. The third-order valence-electron chi connectivity index (χ3n) is 8.00. The summed E-state index contributed by atoms with van der Waals surface area (Å²) in [6, 6.07) is 2.39. The highest BCUT2D eigenvalue weighted by molar-refractivity contribution is 6.43. The van der Waals surface area contributed by atoms with Gasteiger partial charge in [-0.2, -0.15) is 0 Å². The van der Waals surface area contributed by atoms with E-state index in [1.165, 1.54) is 11.0 Å². The molecule has 3 fully saturated rings. The number of Topliss-reactive ketones (excluding diaryl/α,β-unsaturated/α-hetero) is 3. The van der Waals surface area contributed by atoms with E-state index < -0.39 is 70.1 Å². The lowest BCUT2D eigenvalue weighted by molar-refractivity contribution is -0.174. The van der Waals surface area contributed by atoms with Gasteiger partial charge in [-0.05, 0) is 42.9 Å². The molecule has 5 rings (SSSR count). The van der Waals surface area contributed by atoms with Gasteiger partial charge in [0.25, 0.3) is 11.7 Å². The van der Waals surface area contributed by atoms with Crippen molar-refractivity contribution < 1.29 is 49.1 Å². The summed E-state index contributed by atoms with van der Waals surface area (Å²) < 4.78 is 5.21. The first kappa shape index (κ1) is 25.1. The van der Waals surface area contributed by atoms with Crippen LogP contribution in [0.15, 0.2) is 17.7 Å². The molecule has 4 aliphatic rings. The number of amides is 2. The van der Waals surface area contributed by atoms with E-state index in [4.69, 9.17) is 10.5 Å². The van der Waals surface area contributed by atoms with E-state index in [-0.39, 0.29) is 67.8 Å². The number of hydrogen-bond donors (Lipinski definition) is 5. The van der Waals surface area contributed by atoms with Crippen LogP contribution in [0.1, 0.15) is 34.3 Å². The van der Waals surface area contributed by atoms with Gasteiger partial charge >= 0.3 is 0 Å². The number of carbonyl (C=O) groups excluding carboxylic acids is 5. The fourth-order valence-electron chi connectivity index (χ4n) is 6.16. The number of phenolic OH excluding ortho intramolecular Hbond substituents is 1. The molecule has 0 aromatic heterocycles. The topological polar surface area (TPSA) is 205 Å². The smallest absolute Gasteiger partial charge is 0.295 e. The Hall–Kier alpha value is -3.61. The number of phenols is 1. The van der Waals surface area contributed by atoms with E-state index >= 15 is 0 Å². The van der Waals surface area contributed by atoms with Crippen molar-refractivity contribution in [2.45, 2.75) is 31.0 Å². The van der Waals surface area contributed by atoms with Gasteiger partial charge < -0.3 is 35.8 Å². The van der Waals surface area contributed by atoms with E-state index in [0.29, 0.717) is 0 Å². The second-order valence-corrected chi connectivity index (χ2v) is 9.96. The number of primary amides is 1. The average molecular weight is 514 g/mol. The summed E-state index contributed by atoms with van der Waals surface area (Å²) in [7, 11) is 0. The second kappa shape index (κ2) is 8.75. The van der Waals surface area contributed by atoms with Crippen molar-refractivity contribution in [1.29, 1.82) is 0 Å². The van der Waals surface area contributed by atoms with E-state index in [2.05, 4.69) is 0 Å². The number of rotatable bonds is 3. The molecular formula is C25H26N2O10. The summed E-state index contributed by atoms with van der Waals surface area (Å²) in [5, 5.41) is 43.3. The molecule has 0 bridgehead atoms. The number of morpholine rings is 1. The minimum absolute atomic E-state index is 0.0447. The van der Waals surface area contributed by atoms with Crippen LogP contribution in [0.2, 0.25) is 0 Å². The van der Waals surface area contributed by atoms with Gasteiger partial charge in [0, 0.05) is 30.1 Å². The molecule has 1 aromatic rings. The number of benzene rings is 1. The molecule has 2 amide bonds. The summed E-state index contributed by atoms with van der Waals surface area (Å²) in [5.74, 6) is -10.0. The van der Waals surface area contributed by atoms with Crippen LogP contribution >= 0.6 is 0 Å². The van der Waals surface area contributed by atoms with Crippen molar-refractivity contribution in [2.75, 3.05) is 26.3 Å². The Balaban J connectivity index is 1.58. The molecule has 3 aliphatic carbocycles. The predicted molar refractivity (Wildman–Crippen MR) is 123 cm³/mol. The largest absolute Gasteiger partial charge is 0.507 e. The van der Waals surface area contributed by atoms with Crippen molar-refractivity contribution >= 4 is 34.9 Å². The fourth-order valence-corrected chi connectivity index (χ4v) is 6.16. The number of nitrogens with zero attached hydrogens (tertiary/aromatic N) is 1. The van der Waals surface area contributed by atoms with Crippen molar-refractivity contribution in [3.63, 3.8) is 0 Å². The zero-order chi connectivity index (χ0) is 26.8. The maximum atomic E-state index is 13.5. The summed E-state index contributed by atoms with van der Waals surface area (Å²) in [5.41, 5.74) is 2.10.